The van der Waals surface area contributed by atoms with Crippen LogP contribution < -0.4 is 5.73 Å². The summed E-state index contributed by atoms with van der Waals surface area (Å²) in [5.74, 6) is -1.41. The molecule has 0 bridgehead atoms. The van der Waals surface area contributed by atoms with E-state index in [-0.39, 0.29) is 35.6 Å². The molecule has 0 unspecified atom stereocenters. The summed E-state index contributed by atoms with van der Waals surface area (Å²) in [5.41, 5.74) is 5.40. The predicted molar refractivity (Wildman–Crippen MR) is 64.1 cm³/mol. The van der Waals surface area contributed by atoms with Crippen LogP contribution in [0.1, 0.15) is 21.5 Å². The molecule has 0 aliphatic carbocycles. The summed E-state index contributed by atoms with van der Waals surface area (Å²) >= 11 is 0.922. The van der Waals surface area contributed by atoms with E-state index in [0.717, 1.165) is 15.9 Å². The SMILES string of the molecule is Nc1nnc(C(=O)N2CCn3c(nnc3C(F)(F)F)C2)s1. The Morgan fingerprint density at radius 2 is 1.95 bits per heavy atom. The normalized spacial score (nSPS) is 15.1. The Morgan fingerprint density at radius 1 is 1.19 bits per heavy atom. The van der Waals surface area contributed by atoms with Crippen LogP contribution in [0.4, 0.5) is 18.3 Å². The number of hydrogen-bond acceptors (Lipinski definition) is 7. The zero-order valence-electron chi connectivity index (χ0n) is 10.3. The van der Waals surface area contributed by atoms with Gasteiger partial charge in [-0.3, -0.25) is 4.79 Å². The van der Waals surface area contributed by atoms with Gasteiger partial charge < -0.3 is 15.2 Å². The Balaban J connectivity index is 1.82. The van der Waals surface area contributed by atoms with Gasteiger partial charge in [0.15, 0.2) is 5.82 Å². The number of rotatable bonds is 1. The van der Waals surface area contributed by atoms with Crippen molar-refractivity contribution in [1.82, 2.24) is 29.9 Å². The Labute approximate surface area is 119 Å². The van der Waals surface area contributed by atoms with Crippen molar-refractivity contribution < 1.29 is 18.0 Å². The average Bonchev–Trinajstić information content (AvgIpc) is 3.02. The standard InChI is InChI=1S/C9H8F3N7OS/c10-9(11,12)7-16-14-4-3-18(1-2-19(4)7)6(20)5-15-17-8(13)21-5/h1-3H2,(H2,13,17). The first-order valence-corrected chi connectivity index (χ1v) is 6.55. The van der Waals surface area contributed by atoms with Crippen LogP contribution in [0, 0.1) is 0 Å². The number of aromatic nitrogens is 5. The molecular formula is C9H8F3N7OS. The Bertz CT molecular complexity index is 694. The highest BCUT2D eigenvalue weighted by molar-refractivity contribution is 7.16. The summed E-state index contributed by atoms with van der Waals surface area (Å²) in [4.78, 5) is 13.5. The van der Waals surface area contributed by atoms with Crippen molar-refractivity contribution in [2.24, 2.45) is 0 Å². The quantitative estimate of drug-likeness (QED) is 0.815. The maximum absolute atomic E-state index is 12.7. The zero-order chi connectivity index (χ0) is 15.2. The molecule has 2 N–H and O–H groups in total. The first-order chi connectivity index (χ1) is 9.86. The highest BCUT2D eigenvalue weighted by Crippen LogP contribution is 2.29. The molecule has 0 radical (unpaired) electrons. The van der Waals surface area contributed by atoms with E-state index in [1.54, 1.807) is 0 Å². The fourth-order valence-corrected chi connectivity index (χ4v) is 2.57. The fraction of sp³-hybridized carbons (Fsp3) is 0.444. The number of anilines is 1. The largest absolute Gasteiger partial charge is 0.451 e. The predicted octanol–water partition coefficient (Wildman–Crippen LogP) is 0.387. The summed E-state index contributed by atoms with van der Waals surface area (Å²) in [7, 11) is 0. The summed E-state index contributed by atoms with van der Waals surface area (Å²) in [5, 5.41) is 14.0. The lowest BCUT2D eigenvalue weighted by molar-refractivity contribution is -0.147. The average molecular weight is 319 g/mol. The van der Waals surface area contributed by atoms with Gasteiger partial charge in [0.05, 0.1) is 6.54 Å². The Morgan fingerprint density at radius 3 is 2.57 bits per heavy atom. The number of nitrogens with two attached hydrogens (primary N) is 1. The molecule has 12 heteroatoms. The van der Waals surface area contributed by atoms with Crippen LogP contribution in [0.2, 0.25) is 0 Å². The molecule has 8 nitrogen and oxygen atoms in total. The third-order valence-electron chi connectivity index (χ3n) is 2.92. The second kappa shape index (κ2) is 4.65. The van der Waals surface area contributed by atoms with Crippen LogP contribution in [-0.2, 0) is 19.3 Å². The Kier molecular flexibility index (Phi) is 3.04. The highest BCUT2D eigenvalue weighted by Gasteiger charge is 2.40. The van der Waals surface area contributed by atoms with E-state index in [1.807, 2.05) is 0 Å². The molecule has 112 valence electrons. The Hall–Kier alpha value is -2.24. The van der Waals surface area contributed by atoms with E-state index in [4.69, 9.17) is 5.73 Å². The second-order valence-electron chi connectivity index (χ2n) is 4.26. The molecule has 1 amide bonds. The van der Waals surface area contributed by atoms with Crippen LogP contribution in [0.15, 0.2) is 0 Å². The van der Waals surface area contributed by atoms with Crippen LogP contribution in [0.25, 0.3) is 0 Å². The smallest absolute Gasteiger partial charge is 0.374 e. The van der Waals surface area contributed by atoms with E-state index in [0.29, 0.717) is 0 Å². The maximum Gasteiger partial charge on any atom is 0.451 e. The van der Waals surface area contributed by atoms with Gasteiger partial charge in [0, 0.05) is 13.1 Å². The van der Waals surface area contributed by atoms with E-state index in [9.17, 15) is 18.0 Å². The lowest BCUT2D eigenvalue weighted by atomic mass is 10.3. The molecule has 2 aromatic heterocycles. The molecule has 0 spiro atoms. The van der Waals surface area contributed by atoms with Gasteiger partial charge in [-0.25, -0.2) is 0 Å². The summed E-state index contributed by atoms with van der Waals surface area (Å²) in [6.07, 6.45) is -4.56. The first kappa shape index (κ1) is 13.7. The lowest BCUT2D eigenvalue weighted by Crippen LogP contribution is -2.39. The third kappa shape index (κ3) is 2.41. The molecule has 0 aromatic carbocycles. The van der Waals surface area contributed by atoms with Crippen molar-refractivity contribution >= 4 is 22.4 Å². The molecular weight excluding hydrogens is 311 g/mol. The van der Waals surface area contributed by atoms with Gasteiger partial charge in [0.2, 0.25) is 16.0 Å². The van der Waals surface area contributed by atoms with Crippen molar-refractivity contribution in [3.8, 4) is 0 Å². The lowest BCUT2D eigenvalue weighted by Gasteiger charge is -2.27. The maximum atomic E-state index is 12.7. The number of carbonyl (C=O) groups is 1. The van der Waals surface area contributed by atoms with E-state index in [2.05, 4.69) is 20.4 Å². The van der Waals surface area contributed by atoms with Gasteiger partial charge in [-0.05, 0) is 0 Å². The number of nitrogens with zero attached hydrogens (tertiary/aromatic N) is 6. The van der Waals surface area contributed by atoms with Gasteiger partial charge >= 0.3 is 6.18 Å². The third-order valence-corrected chi connectivity index (χ3v) is 3.66. The van der Waals surface area contributed by atoms with Gasteiger partial charge in [-0.2, -0.15) is 13.2 Å². The summed E-state index contributed by atoms with van der Waals surface area (Å²) < 4.78 is 39.1. The monoisotopic (exact) mass is 319 g/mol. The van der Waals surface area contributed by atoms with Crippen LogP contribution in [-0.4, -0.2) is 42.3 Å². The van der Waals surface area contributed by atoms with Gasteiger partial charge in [0.1, 0.15) is 0 Å². The first-order valence-electron chi connectivity index (χ1n) is 5.74. The summed E-state index contributed by atoms with van der Waals surface area (Å²) in [6.45, 7) is 0.00500. The molecule has 1 aliphatic rings. The van der Waals surface area contributed by atoms with Crippen molar-refractivity contribution in [1.29, 1.82) is 0 Å². The fourth-order valence-electron chi connectivity index (χ4n) is 2.00. The van der Waals surface area contributed by atoms with E-state index in [1.165, 1.54) is 4.90 Å². The molecule has 0 saturated carbocycles. The number of carbonyl (C=O) groups excluding carboxylic acids is 1. The van der Waals surface area contributed by atoms with E-state index < -0.39 is 17.9 Å². The van der Waals surface area contributed by atoms with Gasteiger partial charge in [-0.1, -0.05) is 11.3 Å². The van der Waals surface area contributed by atoms with Crippen LogP contribution in [0.3, 0.4) is 0 Å². The highest BCUT2D eigenvalue weighted by atomic mass is 32.1. The van der Waals surface area contributed by atoms with Crippen molar-refractivity contribution in [2.75, 3.05) is 12.3 Å². The number of halogens is 3. The molecule has 2 aromatic rings. The second-order valence-corrected chi connectivity index (χ2v) is 5.27. The molecule has 21 heavy (non-hydrogen) atoms. The minimum absolute atomic E-state index is 0.0306. The van der Waals surface area contributed by atoms with Gasteiger partial charge in [-0.15, -0.1) is 20.4 Å². The van der Waals surface area contributed by atoms with E-state index >= 15 is 0 Å². The van der Waals surface area contributed by atoms with Crippen molar-refractivity contribution in [3.63, 3.8) is 0 Å². The van der Waals surface area contributed by atoms with Crippen LogP contribution in [0.5, 0.6) is 0 Å². The van der Waals surface area contributed by atoms with Gasteiger partial charge in [0.25, 0.3) is 5.91 Å². The topological polar surface area (TPSA) is 103 Å². The molecule has 1 aliphatic heterocycles. The van der Waals surface area contributed by atoms with Crippen molar-refractivity contribution in [3.05, 3.63) is 16.7 Å². The number of nitrogen functional groups attached to an aromatic ring is 1. The number of fused-ring (bicyclic) bond motifs is 1. The number of amides is 1. The molecule has 3 rings (SSSR count). The summed E-state index contributed by atoms with van der Waals surface area (Å²) in [6, 6.07) is 0. The molecule has 0 atom stereocenters. The van der Waals surface area contributed by atoms with Crippen molar-refractivity contribution in [2.45, 2.75) is 19.3 Å². The van der Waals surface area contributed by atoms with Crippen LogP contribution >= 0.6 is 11.3 Å². The number of hydrogen-bond donors (Lipinski definition) is 1. The molecule has 0 fully saturated rings. The minimum Gasteiger partial charge on any atom is -0.374 e. The molecule has 0 saturated heterocycles. The minimum atomic E-state index is -4.56. The number of alkyl halides is 3. The zero-order valence-corrected chi connectivity index (χ0v) is 11.1. The molecule has 3 heterocycles.